The number of nitrogens with zero attached hydrogens (tertiary/aromatic N) is 5. The molecule has 0 radical (unpaired) electrons. The Labute approximate surface area is 178 Å². The second-order valence-corrected chi connectivity index (χ2v) is 9.19. The minimum absolute atomic E-state index is 0.0704. The lowest BCUT2D eigenvalue weighted by atomic mass is 9.88. The van der Waals surface area contributed by atoms with Crippen molar-refractivity contribution in [2.45, 2.75) is 50.1 Å². The molecule has 5 atom stereocenters. The Morgan fingerprint density at radius 3 is 2.73 bits per heavy atom. The van der Waals surface area contributed by atoms with E-state index in [9.17, 15) is 9.59 Å². The van der Waals surface area contributed by atoms with E-state index in [4.69, 9.17) is 0 Å². The van der Waals surface area contributed by atoms with E-state index < -0.39 is 0 Å². The van der Waals surface area contributed by atoms with E-state index in [0.29, 0.717) is 18.2 Å². The number of carbonyl (C=O) groups excluding carboxylic acids is 2. The molecule has 3 N–H and O–H groups in total. The minimum Gasteiger partial charge on any atom is -0.339 e. The van der Waals surface area contributed by atoms with Crippen LogP contribution in [0.2, 0.25) is 0 Å². The Morgan fingerprint density at radius 1 is 1.13 bits per heavy atom. The van der Waals surface area contributed by atoms with Gasteiger partial charge in [-0.3, -0.25) is 35.5 Å². The lowest BCUT2D eigenvalue weighted by molar-refractivity contribution is -0.141. The Bertz CT molecular complexity index is 694. The molecular weight excluding hydrogens is 384 g/mol. The number of aliphatic imine (C=N–C) groups is 1. The fourth-order valence-corrected chi connectivity index (χ4v) is 5.86. The summed E-state index contributed by atoms with van der Waals surface area (Å²) < 4.78 is 0. The highest BCUT2D eigenvalue weighted by atomic mass is 16.2. The average molecular weight is 419 g/mol. The molecule has 10 heteroatoms. The van der Waals surface area contributed by atoms with Gasteiger partial charge in [0.25, 0.3) is 5.91 Å². The molecule has 0 aromatic carbocycles. The molecule has 1 saturated carbocycles. The largest absolute Gasteiger partial charge is 0.339 e. The first-order valence-corrected chi connectivity index (χ1v) is 11.4. The molecule has 10 nitrogen and oxygen atoms in total. The van der Waals surface area contributed by atoms with E-state index in [1.807, 2.05) is 4.90 Å². The Hall–Kier alpha value is -1.59. The zero-order chi connectivity index (χ0) is 20.7. The van der Waals surface area contributed by atoms with E-state index in [0.717, 1.165) is 65.1 Å². The monoisotopic (exact) mass is 418 g/mol. The highest BCUT2D eigenvalue weighted by Crippen LogP contribution is 2.28. The molecule has 5 aliphatic rings. The van der Waals surface area contributed by atoms with Crippen LogP contribution >= 0.6 is 0 Å². The van der Waals surface area contributed by atoms with Crippen molar-refractivity contribution >= 4 is 18.0 Å². The Morgan fingerprint density at radius 2 is 1.90 bits per heavy atom. The lowest BCUT2D eigenvalue weighted by Crippen LogP contribution is -2.67. The van der Waals surface area contributed by atoms with Crippen molar-refractivity contribution in [3.8, 4) is 0 Å². The normalized spacial score (nSPS) is 37.9. The third-order valence-electron chi connectivity index (χ3n) is 7.55. The molecule has 0 aromatic rings. The van der Waals surface area contributed by atoms with Crippen LogP contribution in [0.3, 0.4) is 0 Å². The van der Waals surface area contributed by atoms with Crippen molar-refractivity contribution in [1.29, 1.82) is 0 Å². The first kappa shape index (κ1) is 20.3. The van der Waals surface area contributed by atoms with Crippen molar-refractivity contribution in [3.63, 3.8) is 0 Å². The predicted octanol–water partition coefficient (Wildman–Crippen LogP) is -1.78. The van der Waals surface area contributed by atoms with E-state index in [1.54, 1.807) is 4.90 Å². The number of hydrazine groups is 1. The van der Waals surface area contributed by atoms with E-state index in [-0.39, 0.29) is 30.4 Å². The van der Waals surface area contributed by atoms with Crippen molar-refractivity contribution < 1.29 is 9.59 Å². The number of piperazine rings is 1. The van der Waals surface area contributed by atoms with Crippen LogP contribution in [0.25, 0.3) is 0 Å². The molecule has 4 heterocycles. The van der Waals surface area contributed by atoms with Crippen LogP contribution in [0.5, 0.6) is 0 Å². The van der Waals surface area contributed by atoms with Crippen molar-refractivity contribution in [2.24, 2.45) is 10.9 Å². The van der Waals surface area contributed by atoms with Gasteiger partial charge in [0.2, 0.25) is 5.91 Å². The number of fused-ring (bicyclic) bond motifs is 2. The molecule has 3 saturated heterocycles. The SMILES string of the molecule is CN1NCC2C(N3CCN(C(=O)CN4C(=O)C=NC5CCCCC54)CC3)NCNC21. The molecule has 0 bridgehead atoms. The van der Waals surface area contributed by atoms with Crippen LogP contribution in [0.1, 0.15) is 25.7 Å². The highest BCUT2D eigenvalue weighted by Gasteiger charge is 2.43. The van der Waals surface area contributed by atoms with E-state index in [1.165, 1.54) is 6.21 Å². The van der Waals surface area contributed by atoms with Crippen LogP contribution in [0.15, 0.2) is 4.99 Å². The third kappa shape index (κ3) is 3.75. The molecule has 4 fully saturated rings. The summed E-state index contributed by atoms with van der Waals surface area (Å²) in [4.78, 5) is 36.1. The van der Waals surface area contributed by atoms with Gasteiger partial charge >= 0.3 is 0 Å². The maximum atomic E-state index is 13.0. The average Bonchev–Trinajstić information content (AvgIpc) is 3.17. The van der Waals surface area contributed by atoms with Crippen molar-refractivity contribution in [2.75, 3.05) is 53.0 Å². The van der Waals surface area contributed by atoms with Crippen LogP contribution in [0, 0.1) is 5.92 Å². The number of rotatable bonds is 3. The molecule has 5 rings (SSSR count). The van der Waals surface area contributed by atoms with Crippen LogP contribution in [-0.2, 0) is 9.59 Å². The predicted molar refractivity (Wildman–Crippen MR) is 112 cm³/mol. The number of hydrogen-bond donors (Lipinski definition) is 3. The van der Waals surface area contributed by atoms with Gasteiger partial charge in [0.1, 0.15) is 6.54 Å². The van der Waals surface area contributed by atoms with Crippen LogP contribution < -0.4 is 16.1 Å². The van der Waals surface area contributed by atoms with Gasteiger partial charge < -0.3 is 9.80 Å². The zero-order valence-electron chi connectivity index (χ0n) is 17.8. The summed E-state index contributed by atoms with van der Waals surface area (Å²) in [6, 6.07) is 0.280. The maximum Gasteiger partial charge on any atom is 0.265 e. The summed E-state index contributed by atoms with van der Waals surface area (Å²) in [6.07, 6.45) is 6.34. The molecule has 2 amide bonds. The van der Waals surface area contributed by atoms with Gasteiger partial charge in [-0.2, -0.15) is 0 Å². The molecule has 0 spiro atoms. The third-order valence-corrected chi connectivity index (χ3v) is 7.55. The molecule has 1 aliphatic carbocycles. The minimum atomic E-state index is -0.104. The molecule has 166 valence electrons. The van der Waals surface area contributed by atoms with Gasteiger partial charge in [0.15, 0.2) is 0 Å². The lowest BCUT2D eigenvalue weighted by Gasteiger charge is -2.46. The second-order valence-electron chi connectivity index (χ2n) is 9.19. The Balaban J connectivity index is 1.16. The number of amides is 2. The number of carbonyl (C=O) groups is 2. The summed E-state index contributed by atoms with van der Waals surface area (Å²) >= 11 is 0. The fourth-order valence-electron chi connectivity index (χ4n) is 5.86. The number of nitrogens with one attached hydrogen (secondary N) is 3. The summed E-state index contributed by atoms with van der Waals surface area (Å²) in [7, 11) is 2.08. The van der Waals surface area contributed by atoms with Gasteiger partial charge in [-0.15, -0.1) is 0 Å². The van der Waals surface area contributed by atoms with Crippen molar-refractivity contribution in [3.05, 3.63) is 0 Å². The van der Waals surface area contributed by atoms with Crippen LogP contribution in [0.4, 0.5) is 0 Å². The standard InChI is InChI=1S/C20H34N8O2/c1-25-19-14(10-24-25)20(23-13-22-19)27-8-6-26(7-9-27)18(30)12-28-16-5-3-2-4-15(16)21-11-17(28)29/h11,14-16,19-20,22-24H,2-10,12-13H2,1H3. The zero-order valence-corrected chi connectivity index (χ0v) is 17.8. The maximum absolute atomic E-state index is 13.0. The molecule has 30 heavy (non-hydrogen) atoms. The van der Waals surface area contributed by atoms with Crippen LogP contribution in [-0.4, -0.2) is 115 Å². The van der Waals surface area contributed by atoms with Gasteiger partial charge in [-0.05, 0) is 12.8 Å². The number of hydrogen-bond acceptors (Lipinski definition) is 8. The smallest absolute Gasteiger partial charge is 0.265 e. The summed E-state index contributed by atoms with van der Waals surface area (Å²) in [5.74, 6) is 0.438. The van der Waals surface area contributed by atoms with Gasteiger partial charge in [0, 0.05) is 52.4 Å². The van der Waals surface area contributed by atoms with Gasteiger partial charge in [0.05, 0.1) is 30.6 Å². The van der Waals surface area contributed by atoms with Gasteiger partial charge in [-0.25, -0.2) is 5.01 Å². The topological polar surface area (TPSA) is 95.6 Å². The van der Waals surface area contributed by atoms with E-state index in [2.05, 4.69) is 38.0 Å². The first-order chi connectivity index (χ1) is 14.6. The van der Waals surface area contributed by atoms with Gasteiger partial charge in [-0.1, -0.05) is 12.8 Å². The fraction of sp³-hybridized carbons (Fsp3) is 0.850. The first-order valence-electron chi connectivity index (χ1n) is 11.4. The molecular formula is C20H34N8O2. The molecule has 4 aliphatic heterocycles. The second kappa shape index (κ2) is 8.51. The Kier molecular flexibility index (Phi) is 5.76. The summed E-state index contributed by atoms with van der Waals surface area (Å²) in [5.41, 5.74) is 3.42. The highest BCUT2D eigenvalue weighted by molar-refractivity contribution is 6.27. The van der Waals surface area contributed by atoms with Crippen molar-refractivity contribution in [1.82, 2.24) is 35.8 Å². The summed E-state index contributed by atoms with van der Waals surface area (Å²) in [6.45, 7) is 5.08. The van der Waals surface area contributed by atoms with E-state index >= 15 is 0 Å². The molecule has 0 aromatic heterocycles. The summed E-state index contributed by atoms with van der Waals surface area (Å²) in [5, 5.41) is 9.28. The molecule has 5 unspecified atom stereocenters. The quantitative estimate of drug-likeness (QED) is 0.499.